The molecule has 0 amide bonds. The summed E-state index contributed by atoms with van der Waals surface area (Å²) < 4.78 is 5.68. The van der Waals surface area contributed by atoms with E-state index in [0.29, 0.717) is 18.0 Å². The lowest BCUT2D eigenvalue weighted by Gasteiger charge is -2.14. The molecule has 4 N–H and O–H groups in total. The Morgan fingerprint density at radius 2 is 1.90 bits per heavy atom. The van der Waals surface area contributed by atoms with E-state index in [2.05, 4.69) is 5.32 Å². The number of nitrogens with two attached hydrogens (primary N) is 1. The van der Waals surface area contributed by atoms with Crippen LogP contribution in [0.3, 0.4) is 0 Å². The molecule has 0 bridgehead atoms. The third kappa shape index (κ3) is 4.39. The van der Waals surface area contributed by atoms with Gasteiger partial charge in [0.25, 0.3) is 0 Å². The number of hydrogen-bond acceptors (Lipinski definition) is 4. The van der Waals surface area contributed by atoms with Gasteiger partial charge in [-0.3, -0.25) is 0 Å². The number of rotatable bonds is 6. The van der Waals surface area contributed by atoms with Gasteiger partial charge in [0.1, 0.15) is 5.75 Å². The maximum atomic E-state index is 9.15. The lowest BCUT2D eigenvalue weighted by molar-refractivity contribution is 0.244. The van der Waals surface area contributed by atoms with Crippen LogP contribution in [0.5, 0.6) is 5.75 Å². The maximum Gasteiger partial charge on any atom is 0.144 e. The molecule has 0 aromatic heterocycles. The van der Waals surface area contributed by atoms with Crippen molar-refractivity contribution in [3.63, 3.8) is 0 Å². The molecule has 0 saturated carbocycles. The lowest BCUT2D eigenvalue weighted by atomic mass is 10.1. The Kier molecular flexibility index (Phi) is 5.06. The predicted molar refractivity (Wildman–Crippen MR) is 86.3 cm³/mol. The minimum atomic E-state index is 0.0576. The zero-order valence-corrected chi connectivity index (χ0v) is 12.5. The number of aliphatic hydroxyl groups is 1. The third-order valence-electron chi connectivity index (χ3n) is 3.05. The summed E-state index contributed by atoms with van der Waals surface area (Å²) in [6.07, 6.45) is 0.0868. The van der Waals surface area contributed by atoms with Crippen molar-refractivity contribution in [2.45, 2.75) is 33.1 Å². The molecule has 0 aliphatic rings. The Balaban J connectivity index is 2.05. The van der Waals surface area contributed by atoms with Crippen molar-refractivity contribution < 1.29 is 9.84 Å². The molecule has 0 spiro atoms. The first-order valence-electron chi connectivity index (χ1n) is 7.07. The van der Waals surface area contributed by atoms with Crippen LogP contribution in [0.1, 0.15) is 25.0 Å². The topological polar surface area (TPSA) is 67.5 Å². The average molecular weight is 286 g/mol. The fourth-order valence-corrected chi connectivity index (χ4v) is 2.04. The van der Waals surface area contributed by atoms with Crippen LogP contribution in [0.2, 0.25) is 0 Å². The molecule has 112 valence electrons. The van der Waals surface area contributed by atoms with Gasteiger partial charge in [-0.2, -0.15) is 0 Å². The number of hydrogen-bond donors (Lipinski definition) is 3. The highest BCUT2D eigenvalue weighted by molar-refractivity contribution is 5.61. The molecule has 0 heterocycles. The van der Waals surface area contributed by atoms with Crippen molar-refractivity contribution in [1.29, 1.82) is 0 Å². The molecule has 0 atom stereocenters. The molecular weight excluding hydrogens is 264 g/mol. The molecule has 21 heavy (non-hydrogen) atoms. The van der Waals surface area contributed by atoms with Gasteiger partial charge in [-0.05, 0) is 37.1 Å². The third-order valence-corrected chi connectivity index (χ3v) is 3.05. The van der Waals surface area contributed by atoms with Crippen molar-refractivity contribution in [3.05, 3.63) is 53.6 Å². The Bertz CT molecular complexity index is 597. The minimum absolute atomic E-state index is 0.0576. The summed E-state index contributed by atoms with van der Waals surface area (Å²) in [6.45, 7) is 4.68. The van der Waals surface area contributed by atoms with Gasteiger partial charge in [0.15, 0.2) is 0 Å². The quantitative estimate of drug-likeness (QED) is 0.714. The van der Waals surface area contributed by atoms with Gasteiger partial charge in [-0.15, -0.1) is 0 Å². The van der Waals surface area contributed by atoms with Crippen molar-refractivity contribution >= 4 is 11.4 Å². The van der Waals surface area contributed by atoms with Crippen LogP contribution in [0.25, 0.3) is 0 Å². The van der Waals surface area contributed by atoms with Crippen molar-refractivity contribution in [1.82, 2.24) is 0 Å². The Labute approximate surface area is 125 Å². The monoisotopic (exact) mass is 286 g/mol. The molecule has 0 radical (unpaired) electrons. The van der Waals surface area contributed by atoms with Crippen LogP contribution in [0.4, 0.5) is 11.4 Å². The molecule has 4 heteroatoms. The molecule has 4 nitrogen and oxygen atoms in total. The zero-order valence-electron chi connectivity index (χ0n) is 12.5. The first-order valence-corrected chi connectivity index (χ1v) is 7.07. The van der Waals surface area contributed by atoms with Crippen LogP contribution in [0.15, 0.2) is 42.5 Å². The van der Waals surface area contributed by atoms with Gasteiger partial charge in [-0.25, -0.2) is 0 Å². The van der Waals surface area contributed by atoms with E-state index in [9.17, 15) is 0 Å². The van der Waals surface area contributed by atoms with Gasteiger partial charge >= 0.3 is 0 Å². The molecule has 2 aromatic rings. The van der Waals surface area contributed by atoms with Crippen LogP contribution < -0.4 is 15.8 Å². The summed E-state index contributed by atoms with van der Waals surface area (Å²) in [7, 11) is 0. The van der Waals surface area contributed by atoms with Crippen molar-refractivity contribution in [2.75, 3.05) is 11.1 Å². The number of aliphatic hydroxyl groups excluding tert-OH is 1. The molecule has 0 aliphatic carbocycles. The molecule has 0 aliphatic heterocycles. The normalized spacial score (nSPS) is 10.7. The molecule has 2 rings (SSSR count). The Morgan fingerprint density at radius 1 is 1.14 bits per heavy atom. The summed E-state index contributed by atoms with van der Waals surface area (Å²) in [4.78, 5) is 0. The van der Waals surface area contributed by atoms with Crippen LogP contribution >= 0.6 is 0 Å². The predicted octanol–water partition coefficient (Wildman–Crippen LogP) is 3.16. The summed E-state index contributed by atoms with van der Waals surface area (Å²) in [5.41, 5.74) is 9.52. The second kappa shape index (κ2) is 6.99. The lowest BCUT2D eigenvalue weighted by Crippen LogP contribution is -2.08. The molecule has 2 aromatic carbocycles. The molecule has 0 saturated heterocycles. The van der Waals surface area contributed by atoms with Gasteiger partial charge in [0.05, 0.1) is 18.4 Å². The number of anilines is 2. The Morgan fingerprint density at radius 3 is 2.62 bits per heavy atom. The molecule has 0 fully saturated rings. The van der Waals surface area contributed by atoms with E-state index in [1.807, 2.05) is 56.3 Å². The summed E-state index contributed by atoms with van der Waals surface area (Å²) >= 11 is 0. The highest BCUT2D eigenvalue weighted by atomic mass is 16.5. The number of ether oxygens (including phenoxy) is 1. The standard InChI is InChI=1S/C17H22N2O2/c1-12(2)21-17-9-15(6-7-16(17)18)19-10-13-4-3-5-14(8-13)11-20/h3-9,12,19-20H,10-11,18H2,1-2H3. The van der Waals surface area contributed by atoms with Gasteiger partial charge in [0, 0.05) is 18.3 Å². The smallest absolute Gasteiger partial charge is 0.144 e. The largest absolute Gasteiger partial charge is 0.489 e. The average Bonchev–Trinajstić information content (AvgIpc) is 2.48. The van der Waals surface area contributed by atoms with E-state index in [1.165, 1.54) is 0 Å². The first kappa shape index (κ1) is 15.2. The minimum Gasteiger partial charge on any atom is -0.489 e. The van der Waals surface area contributed by atoms with E-state index in [-0.39, 0.29) is 12.7 Å². The highest BCUT2D eigenvalue weighted by Crippen LogP contribution is 2.26. The maximum absolute atomic E-state index is 9.15. The first-order chi connectivity index (χ1) is 10.1. The van der Waals surface area contributed by atoms with Crippen molar-refractivity contribution in [3.8, 4) is 5.75 Å². The summed E-state index contributed by atoms with van der Waals surface area (Å²) in [6, 6.07) is 13.5. The molecule has 0 unspecified atom stereocenters. The van der Waals surface area contributed by atoms with Crippen LogP contribution in [-0.2, 0) is 13.2 Å². The Hall–Kier alpha value is -2.20. The van der Waals surface area contributed by atoms with E-state index in [4.69, 9.17) is 15.6 Å². The SMILES string of the molecule is CC(C)Oc1cc(NCc2cccc(CO)c2)ccc1N. The van der Waals surface area contributed by atoms with Crippen LogP contribution in [0, 0.1) is 0 Å². The second-order valence-electron chi connectivity index (χ2n) is 5.25. The van der Waals surface area contributed by atoms with E-state index >= 15 is 0 Å². The van der Waals surface area contributed by atoms with Gasteiger partial charge < -0.3 is 20.9 Å². The van der Waals surface area contributed by atoms with E-state index in [0.717, 1.165) is 16.8 Å². The highest BCUT2D eigenvalue weighted by Gasteiger charge is 2.04. The fourth-order valence-electron chi connectivity index (χ4n) is 2.04. The zero-order chi connectivity index (χ0) is 15.2. The molecular formula is C17H22N2O2. The van der Waals surface area contributed by atoms with E-state index < -0.39 is 0 Å². The summed E-state index contributed by atoms with van der Waals surface area (Å²) in [5.74, 6) is 0.694. The number of benzene rings is 2. The number of nitrogen functional groups attached to an aromatic ring is 1. The van der Waals surface area contributed by atoms with Gasteiger partial charge in [0.2, 0.25) is 0 Å². The van der Waals surface area contributed by atoms with Gasteiger partial charge in [-0.1, -0.05) is 24.3 Å². The fraction of sp³-hybridized carbons (Fsp3) is 0.294. The summed E-state index contributed by atoms with van der Waals surface area (Å²) in [5, 5.41) is 12.5. The van der Waals surface area contributed by atoms with Crippen LogP contribution in [-0.4, -0.2) is 11.2 Å². The van der Waals surface area contributed by atoms with E-state index in [1.54, 1.807) is 0 Å². The second-order valence-corrected chi connectivity index (χ2v) is 5.25. The van der Waals surface area contributed by atoms with Crippen molar-refractivity contribution in [2.24, 2.45) is 0 Å². The number of nitrogens with one attached hydrogen (secondary N) is 1.